The van der Waals surface area contributed by atoms with Crippen LogP contribution in [0.25, 0.3) is 11.1 Å². The topological polar surface area (TPSA) is 34.1 Å². The molecule has 0 saturated heterocycles. The van der Waals surface area contributed by atoms with E-state index < -0.39 is 0 Å². The molecule has 1 aromatic carbocycles. The highest BCUT2D eigenvalue weighted by molar-refractivity contribution is 6.32. The largest absolute Gasteiger partial charge is 0.471 e. The van der Waals surface area contributed by atoms with E-state index in [1.165, 1.54) is 0 Å². The second-order valence-corrected chi connectivity index (χ2v) is 3.88. The standard InChI is InChI=1S/C12H9ClN2O/c13-12-9(2-1-5-14-12)8-3-4-10-11(6-8)16-7-15-10/h1-6,15H,7H2. The normalized spacial score (nSPS) is 12.8. The molecule has 1 N–H and O–H groups in total. The Hall–Kier alpha value is -1.74. The number of aromatic nitrogens is 1. The number of nitrogens with zero attached hydrogens (tertiary/aromatic N) is 1. The van der Waals surface area contributed by atoms with Gasteiger partial charge in [0.05, 0.1) is 5.69 Å². The van der Waals surface area contributed by atoms with Crippen LogP contribution in [0.1, 0.15) is 0 Å². The van der Waals surface area contributed by atoms with E-state index in [2.05, 4.69) is 10.3 Å². The Balaban J connectivity index is 2.11. The molecule has 80 valence electrons. The summed E-state index contributed by atoms with van der Waals surface area (Å²) in [6, 6.07) is 9.77. The summed E-state index contributed by atoms with van der Waals surface area (Å²) in [5.41, 5.74) is 2.95. The maximum atomic E-state index is 6.04. The van der Waals surface area contributed by atoms with E-state index in [9.17, 15) is 0 Å². The predicted octanol–water partition coefficient (Wildman–Crippen LogP) is 3.16. The van der Waals surface area contributed by atoms with E-state index in [0.29, 0.717) is 11.9 Å². The van der Waals surface area contributed by atoms with Gasteiger partial charge in [-0.1, -0.05) is 17.7 Å². The van der Waals surface area contributed by atoms with Crippen LogP contribution in [-0.4, -0.2) is 11.7 Å². The van der Waals surface area contributed by atoms with Crippen LogP contribution in [0, 0.1) is 0 Å². The van der Waals surface area contributed by atoms with Crippen molar-refractivity contribution in [2.45, 2.75) is 0 Å². The molecule has 1 aliphatic rings. The molecule has 1 aliphatic heterocycles. The molecule has 4 heteroatoms. The van der Waals surface area contributed by atoms with Gasteiger partial charge in [-0.15, -0.1) is 0 Å². The Bertz CT molecular complexity index is 542. The van der Waals surface area contributed by atoms with E-state index >= 15 is 0 Å². The van der Waals surface area contributed by atoms with E-state index in [4.69, 9.17) is 16.3 Å². The second kappa shape index (κ2) is 3.68. The molecule has 3 rings (SSSR count). The number of fused-ring (bicyclic) bond motifs is 1. The molecule has 0 fully saturated rings. The van der Waals surface area contributed by atoms with Gasteiger partial charge in [0.15, 0.2) is 6.73 Å². The first kappa shape index (κ1) is 9.48. The predicted molar refractivity (Wildman–Crippen MR) is 63.8 cm³/mol. The Morgan fingerprint density at radius 3 is 3.12 bits per heavy atom. The van der Waals surface area contributed by atoms with Crippen LogP contribution < -0.4 is 10.1 Å². The van der Waals surface area contributed by atoms with E-state index in [1.807, 2.05) is 30.3 Å². The molecule has 2 heterocycles. The van der Waals surface area contributed by atoms with Crippen molar-refractivity contribution in [1.29, 1.82) is 0 Å². The lowest BCUT2D eigenvalue weighted by atomic mass is 10.1. The number of pyridine rings is 1. The molecular formula is C12H9ClN2O. The van der Waals surface area contributed by atoms with Crippen LogP contribution >= 0.6 is 11.6 Å². The number of hydrogen-bond acceptors (Lipinski definition) is 3. The van der Waals surface area contributed by atoms with Gasteiger partial charge in [-0.05, 0) is 29.8 Å². The highest BCUT2D eigenvalue weighted by Crippen LogP contribution is 2.35. The first-order valence-electron chi connectivity index (χ1n) is 4.96. The summed E-state index contributed by atoms with van der Waals surface area (Å²) in [5.74, 6) is 0.859. The molecule has 0 spiro atoms. The summed E-state index contributed by atoms with van der Waals surface area (Å²) in [6.45, 7) is 0.527. The molecule has 0 bridgehead atoms. The van der Waals surface area contributed by atoms with E-state index in [0.717, 1.165) is 22.6 Å². The van der Waals surface area contributed by atoms with Crippen molar-refractivity contribution >= 4 is 17.3 Å². The van der Waals surface area contributed by atoms with Gasteiger partial charge in [0.25, 0.3) is 0 Å². The lowest BCUT2D eigenvalue weighted by Gasteiger charge is -2.05. The summed E-state index contributed by atoms with van der Waals surface area (Å²) in [4.78, 5) is 4.06. The van der Waals surface area contributed by atoms with Crippen LogP contribution in [0.15, 0.2) is 36.5 Å². The van der Waals surface area contributed by atoms with Crippen LogP contribution in [0.3, 0.4) is 0 Å². The summed E-state index contributed by atoms with van der Waals surface area (Å²) < 4.78 is 5.43. The Morgan fingerprint density at radius 2 is 2.25 bits per heavy atom. The van der Waals surface area contributed by atoms with Gasteiger partial charge < -0.3 is 10.1 Å². The Labute approximate surface area is 98.0 Å². The number of ether oxygens (including phenoxy) is 1. The highest BCUT2D eigenvalue weighted by atomic mass is 35.5. The quantitative estimate of drug-likeness (QED) is 0.767. The average molecular weight is 233 g/mol. The Kier molecular flexibility index (Phi) is 2.18. The van der Waals surface area contributed by atoms with Crippen LogP contribution in [0.5, 0.6) is 5.75 Å². The fourth-order valence-corrected chi connectivity index (χ4v) is 1.98. The summed E-state index contributed by atoms with van der Waals surface area (Å²) >= 11 is 6.04. The van der Waals surface area contributed by atoms with Crippen LogP contribution in [-0.2, 0) is 0 Å². The minimum absolute atomic E-state index is 0.508. The molecule has 0 saturated carbocycles. The highest BCUT2D eigenvalue weighted by Gasteiger charge is 2.12. The van der Waals surface area contributed by atoms with Gasteiger partial charge in [0.1, 0.15) is 10.9 Å². The van der Waals surface area contributed by atoms with Crippen molar-refractivity contribution in [2.24, 2.45) is 0 Å². The SMILES string of the molecule is Clc1ncccc1-c1ccc2c(c1)OCN2. The molecular weight excluding hydrogens is 224 g/mol. The zero-order chi connectivity index (χ0) is 11.0. The number of nitrogens with one attached hydrogen (secondary N) is 1. The minimum atomic E-state index is 0.508. The molecule has 0 amide bonds. The lowest BCUT2D eigenvalue weighted by molar-refractivity contribution is 0.372. The molecule has 3 nitrogen and oxygen atoms in total. The van der Waals surface area contributed by atoms with Crippen molar-refractivity contribution in [3.8, 4) is 16.9 Å². The minimum Gasteiger partial charge on any atom is -0.471 e. The van der Waals surface area contributed by atoms with Gasteiger partial charge >= 0.3 is 0 Å². The van der Waals surface area contributed by atoms with Crippen LogP contribution in [0.2, 0.25) is 5.15 Å². The van der Waals surface area contributed by atoms with E-state index in [1.54, 1.807) is 6.20 Å². The molecule has 0 atom stereocenters. The average Bonchev–Trinajstić information content (AvgIpc) is 2.76. The second-order valence-electron chi connectivity index (χ2n) is 3.52. The molecule has 0 unspecified atom stereocenters. The third-order valence-electron chi connectivity index (χ3n) is 2.54. The molecule has 16 heavy (non-hydrogen) atoms. The Morgan fingerprint density at radius 1 is 1.31 bits per heavy atom. The van der Waals surface area contributed by atoms with Crippen LogP contribution in [0.4, 0.5) is 5.69 Å². The van der Waals surface area contributed by atoms with Crippen molar-refractivity contribution < 1.29 is 4.74 Å². The van der Waals surface area contributed by atoms with Gasteiger partial charge in [0.2, 0.25) is 0 Å². The maximum Gasteiger partial charge on any atom is 0.159 e. The molecule has 0 radical (unpaired) electrons. The zero-order valence-corrected chi connectivity index (χ0v) is 9.16. The fourth-order valence-electron chi connectivity index (χ4n) is 1.75. The van der Waals surface area contributed by atoms with E-state index in [-0.39, 0.29) is 0 Å². The van der Waals surface area contributed by atoms with Gasteiger partial charge in [0, 0.05) is 11.8 Å². The third-order valence-corrected chi connectivity index (χ3v) is 2.84. The van der Waals surface area contributed by atoms with Gasteiger partial charge in [-0.3, -0.25) is 0 Å². The van der Waals surface area contributed by atoms with Gasteiger partial charge in [-0.2, -0.15) is 0 Å². The molecule has 2 aromatic rings. The molecule has 1 aromatic heterocycles. The fraction of sp³-hybridized carbons (Fsp3) is 0.0833. The number of anilines is 1. The summed E-state index contributed by atoms with van der Waals surface area (Å²) in [5, 5.41) is 3.63. The summed E-state index contributed by atoms with van der Waals surface area (Å²) in [7, 11) is 0. The van der Waals surface area contributed by atoms with Crippen molar-refractivity contribution in [2.75, 3.05) is 12.0 Å². The number of halogens is 1. The first-order valence-corrected chi connectivity index (χ1v) is 5.34. The van der Waals surface area contributed by atoms with Crippen molar-refractivity contribution in [3.05, 3.63) is 41.7 Å². The summed E-state index contributed by atoms with van der Waals surface area (Å²) in [6.07, 6.45) is 1.68. The lowest BCUT2D eigenvalue weighted by Crippen LogP contribution is -1.96. The third kappa shape index (κ3) is 1.49. The first-order chi connectivity index (χ1) is 7.84. The maximum absolute atomic E-state index is 6.04. The number of benzene rings is 1. The van der Waals surface area contributed by atoms with Crippen molar-refractivity contribution in [3.63, 3.8) is 0 Å². The number of rotatable bonds is 1. The number of hydrogen-bond donors (Lipinski definition) is 1. The monoisotopic (exact) mass is 232 g/mol. The smallest absolute Gasteiger partial charge is 0.159 e. The van der Waals surface area contributed by atoms with Crippen molar-refractivity contribution in [1.82, 2.24) is 4.98 Å². The van der Waals surface area contributed by atoms with Gasteiger partial charge in [-0.25, -0.2) is 4.98 Å². The molecule has 0 aliphatic carbocycles. The zero-order valence-electron chi connectivity index (χ0n) is 8.40.